The second-order valence-electron chi connectivity index (χ2n) is 5.91. The summed E-state index contributed by atoms with van der Waals surface area (Å²) >= 11 is 0. The molecule has 3 heterocycles. The van der Waals surface area contributed by atoms with E-state index >= 15 is 0 Å². The van der Waals surface area contributed by atoms with Crippen molar-refractivity contribution in [1.82, 2.24) is 4.90 Å². The Bertz CT molecular complexity index is 696. The zero-order valence-electron chi connectivity index (χ0n) is 12.1. The summed E-state index contributed by atoms with van der Waals surface area (Å²) in [6, 6.07) is 11.2. The quantitative estimate of drug-likeness (QED) is 0.770. The van der Waals surface area contributed by atoms with Crippen LogP contribution < -0.4 is 0 Å². The Morgan fingerprint density at radius 1 is 1.19 bits per heavy atom. The molecule has 0 fully saturated rings. The second-order valence-corrected chi connectivity index (χ2v) is 5.91. The number of benzene rings is 1. The first-order chi connectivity index (χ1) is 10.3. The third-order valence-electron chi connectivity index (χ3n) is 4.65. The Morgan fingerprint density at radius 2 is 2.10 bits per heavy atom. The lowest BCUT2D eigenvalue weighted by atomic mass is 9.90. The van der Waals surface area contributed by atoms with E-state index in [0.717, 1.165) is 25.9 Å². The summed E-state index contributed by atoms with van der Waals surface area (Å²) in [6.07, 6.45) is 8.08. The molecule has 0 bridgehead atoms. The van der Waals surface area contributed by atoms with Gasteiger partial charge in [-0.05, 0) is 41.2 Å². The minimum atomic E-state index is 0.413. The van der Waals surface area contributed by atoms with E-state index in [1.807, 2.05) is 6.26 Å². The molecule has 0 aliphatic carbocycles. The average molecular weight is 277 g/mol. The van der Waals surface area contributed by atoms with Crippen molar-refractivity contribution in [2.45, 2.75) is 25.4 Å². The normalized spacial score (nSPS) is 22.2. The maximum Gasteiger partial charge on any atom is 0.0978 e. The summed E-state index contributed by atoms with van der Waals surface area (Å²) < 4.78 is 5.29. The lowest BCUT2D eigenvalue weighted by molar-refractivity contribution is 0.228. The molecule has 0 amide bonds. The maximum atomic E-state index is 5.29. The molecule has 2 aliphatic heterocycles. The van der Waals surface area contributed by atoms with Gasteiger partial charge in [0.2, 0.25) is 0 Å². The number of furan rings is 1. The van der Waals surface area contributed by atoms with Gasteiger partial charge in [-0.2, -0.15) is 0 Å². The van der Waals surface area contributed by atoms with Crippen LogP contribution in [0.15, 0.2) is 59.9 Å². The number of hydrogen-bond donors (Lipinski definition) is 0. The van der Waals surface area contributed by atoms with Gasteiger partial charge in [0.15, 0.2) is 0 Å². The molecule has 0 saturated heterocycles. The highest BCUT2D eigenvalue weighted by molar-refractivity contribution is 5.75. The topological polar surface area (TPSA) is 16.4 Å². The van der Waals surface area contributed by atoms with Crippen LogP contribution >= 0.6 is 0 Å². The molecular weight excluding hydrogens is 258 g/mol. The van der Waals surface area contributed by atoms with Crippen molar-refractivity contribution in [2.75, 3.05) is 6.54 Å². The summed E-state index contributed by atoms with van der Waals surface area (Å²) in [7, 11) is 0. The van der Waals surface area contributed by atoms with Crippen molar-refractivity contribution in [1.29, 1.82) is 0 Å². The monoisotopic (exact) mass is 277 g/mol. The van der Waals surface area contributed by atoms with Crippen molar-refractivity contribution in [3.63, 3.8) is 0 Å². The van der Waals surface area contributed by atoms with Crippen molar-refractivity contribution in [3.8, 4) is 0 Å². The maximum absolute atomic E-state index is 5.29. The predicted molar refractivity (Wildman–Crippen MR) is 85.6 cm³/mol. The number of nitrogens with zero attached hydrogens (tertiary/aromatic N) is 1. The van der Waals surface area contributed by atoms with Gasteiger partial charge >= 0.3 is 0 Å². The molecular formula is C19H19NO. The highest BCUT2D eigenvalue weighted by atomic mass is 16.3. The highest BCUT2D eigenvalue weighted by Crippen LogP contribution is 2.38. The predicted octanol–water partition coefficient (Wildman–Crippen LogP) is 4.35. The molecule has 2 aromatic rings. The molecule has 1 atom stereocenters. The number of hydrogen-bond acceptors (Lipinski definition) is 2. The largest absolute Gasteiger partial charge is 0.472 e. The van der Waals surface area contributed by atoms with E-state index in [9.17, 15) is 0 Å². The average Bonchev–Trinajstić information content (AvgIpc) is 2.98. The lowest BCUT2D eigenvalue weighted by Crippen LogP contribution is -2.37. The van der Waals surface area contributed by atoms with Crippen LogP contribution in [0.1, 0.15) is 29.5 Å². The molecule has 106 valence electrons. The molecule has 2 heteroatoms. The van der Waals surface area contributed by atoms with E-state index in [4.69, 9.17) is 4.42 Å². The molecule has 0 N–H and O–H groups in total. The Balaban J connectivity index is 1.74. The Labute approximate surface area is 125 Å². The molecule has 2 aliphatic rings. The molecule has 0 saturated carbocycles. The van der Waals surface area contributed by atoms with Crippen molar-refractivity contribution in [2.24, 2.45) is 0 Å². The third-order valence-corrected chi connectivity index (χ3v) is 4.65. The fourth-order valence-corrected chi connectivity index (χ4v) is 3.61. The summed E-state index contributed by atoms with van der Waals surface area (Å²) in [5.74, 6) is 0. The molecule has 0 unspecified atom stereocenters. The van der Waals surface area contributed by atoms with Crippen molar-refractivity contribution < 1.29 is 4.42 Å². The van der Waals surface area contributed by atoms with Crippen LogP contribution in [-0.4, -0.2) is 17.5 Å². The van der Waals surface area contributed by atoms with Gasteiger partial charge in [0.25, 0.3) is 0 Å². The van der Waals surface area contributed by atoms with Gasteiger partial charge in [0, 0.05) is 24.7 Å². The smallest absolute Gasteiger partial charge is 0.0978 e. The number of rotatable bonds is 1. The van der Waals surface area contributed by atoms with Gasteiger partial charge in [-0.25, -0.2) is 0 Å². The van der Waals surface area contributed by atoms with E-state index in [2.05, 4.69) is 47.9 Å². The summed E-state index contributed by atoms with van der Waals surface area (Å²) in [5, 5.41) is 0. The number of fused-ring (bicyclic) bond motifs is 2. The van der Waals surface area contributed by atoms with Crippen LogP contribution in [0.2, 0.25) is 0 Å². The Hall–Kier alpha value is -2.06. The van der Waals surface area contributed by atoms with E-state index < -0.39 is 0 Å². The first-order valence-electron chi connectivity index (χ1n) is 7.55. The van der Waals surface area contributed by atoms with Gasteiger partial charge in [-0.1, -0.05) is 36.9 Å². The molecule has 1 aromatic carbocycles. The fourth-order valence-electron chi connectivity index (χ4n) is 3.61. The Kier molecular flexibility index (Phi) is 3.04. The van der Waals surface area contributed by atoms with Gasteiger partial charge in [-0.3, -0.25) is 4.90 Å². The van der Waals surface area contributed by atoms with Gasteiger partial charge < -0.3 is 4.42 Å². The second kappa shape index (κ2) is 5.05. The molecule has 2 nitrogen and oxygen atoms in total. The minimum Gasteiger partial charge on any atom is -0.472 e. The lowest BCUT2D eigenvalue weighted by Gasteiger charge is -2.35. The van der Waals surface area contributed by atoms with E-state index in [1.54, 1.807) is 6.26 Å². The van der Waals surface area contributed by atoms with Crippen LogP contribution in [0, 0.1) is 0 Å². The molecule has 21 heavy (non-hydrogen) atoms. The van der Waals surface area contributed by atoms with Gasteiger partial charge in [0.1, 0.15) is 0 Å². The molecule has 4 rings (SSSR count). The fraction of sp³-hybridized carbons (Fsp3) is 0.263. The molecule has 0 spiro atoms. The third kappa shape index (κ3) is 2.16. The SMILES string of the molecule is C=C1C[C@@H]2C(c3ccoc3)=CCCN2Cc2ccccc21. The molecule has 0 radical (unpaired) electrons. The van der Waals surface area contributed by atoms with Crippen LogP contribution in [0.4, 0.5) is 0 Å². The first-order valence-corrected chi connectivity index (χ1v) is 7.55. The minimum absolute atomic E-state index is 0.413. The summed E-state index contributed by atoms with van der Waals surface area (Å²) in [5.41, 5.74) is 6.58. The summed E-state index contributed by atoms with van der Waals surface area (Å²) in [4.78, 5) is 2.58. The zero-order chi connectivity index (χ0) is 14.2. The first kappa shape index (κ1) is 12.7. The highest BCUT2D eigenvalue weighted by Gasteiger charge is 2.30. The van der Waals surface area contributed by atoms with Gasteiger partial charge in [0.05, 0.1) is 12.5 Å². The van der Waals surface area contributed by atoms with Crippen LogP contribution in [0.3, 0.4) is 0 Å². The van der Waals surface area contributed by atoms with Crippen LogP contribution in [0.5, 0.6) is 0 Å². The van der Waals surface area contributed by atoms with Crippen LogP contribution in [-0.2, 0) is 6.54 Å². The van der Waals surface area contributed by atoms with E-state index in [0.29, 0.717) is 6.04 Å². The Morgan fingerprint density at radius 3 is 2.95 bits per heavy atom. The van der Waals surface area contributed by atoms with Crippen LogP contribution in [0.25, 0.3) is 11.1 Å². The van der Waals surface area contributed by atoms with Crippen molar-refractivity contribution in [3.05, 3.63) is 72.2 Å². The van der Waals surface area contributed by atoms with E-state index in [1.165, 1.54) is 27.8 Å². The standard InChI is InChI=1S/C19H19NO/c1-14-11-19-18(16-8-10-21-13-16)7-4-9-20(19)12-15-5-2-3-6-17(14)15/h2-3,5-8,10,13,19H,1,4,9,11-12H2/t19-/m1/s1. The zero-order valence-corrected chi connectivity index (χ0v) is 12.1. The summed E-state index contributed by atoms with van der Waals surface area (Å²) in [6.45, 7) is 6.47. The van der Waals surface area contributed by atoms with Crippen molar-refractivity contribution >= 4 is 11.1 Å². The molecule has 1 aromatic heterocycles. The van der Waals surface area contributed by atoms with Gasteiger partial charge in [-0.15, -0.1) is 0 Å². The van der Waals surface area contributed by atoms with E-state index in [-0.39, 0.29) is 0 Å².